The highest BCUT2D eigenvalue weighted by atomic mass is 19.4. The topological polar surface area (TPSA) is 60.1 Å². The lowest BCUT2D eigenvalue weighted by Crippen LogP contribution is -2.41. The Morgan fingerprint density at radius 1 is 1.27 bits per heavy atom. The van der Waals surface area contributed by atoms with Crippen molar-refractivity contribution >= 4 is 12.6 Å². The first-order chi connectivity index (χ1) is 9.98. The van der Waals surface area contributed by atoms with Gasteiger partial charge in [-0.1, -0.05) is 0 Å². The molecule has 0 atom stereocenters. The largest absolute Gasteiger partial charge is 0.498 e. The van der Waals surface area contributed by atoms with Gasteiger partial charge in [-0.15, -0.1) is 0 Å². The van der Waals surface area contributed by atoms with Crippen LogP contribution in [0.3, 0.4) is 0 Å². The van der Waals surface area contributed by atoms with Gasteiger partial charge in [0.15, 0.2) is 5.69 Å². The van der Waals surface area contributed by atoms with Crippen LogP contribution >= 0.6 is 0 Å². The SMILES string of the molecule is CC1(C)OB(c2cn(CCC#N)nc2C(F)(F)F)OC1(C)C. The Morgan fingerprint density at radius 3 is 2.27 bits per heavy atom. The molecule has 1 aromatic rings. The van der Waals surface area contributed by atoms with E-state index in [0.717, 1.165) is 4.68 Å². The van der Waals surface area contributed by atoms with Crippen molar-refractivity contribution < 1.29 is 22.5 Å². The lowest BCUT2D eigenvalue weighted by Gasteiger charge is -2.32. The van der Waals surface area contributed by atoms with Crippen molar-refractivity contribution in [3.05, 3.63) is 11.9 Å². The first-order valence-electron chi connectivity index (χ1n) is 6.85. The molecule has 1 fully saturated rings. The van der Waals surface area contributed by atoms with Crippen LogP contribution in [0.5, 0.6) is 0 Å². The van der Waals surface area contributed by atoms with Gasteiger partial charge in [0.1, 0.15) is 0 Å². The van der Waals surface area contributed by atoms with Crippen LogP contribution < -0.4 is 5.46 Å². The van der Waals surface area contributed by atoms with Crippen molar-refractivity contribution in [3.8, 4) is 6.07 Å². The number of hydrogen-bond donors (Lipinski definition) is 0. The van der Waals surface area contributed by atoms with Gasteiger partial charge in [-0.2, -0.15) is 23.5 Å². The van der Waals surface area contributed by atoms with E-state index in [4.69, 9.17) is 14.6 Å². The third kappa shape index (κ3) is 2.98. The molecule has 1 aliphatic rings. The molecule has 5 nitrogen and oxygen atoms in total. The molecule has 1 aliphatic heterocycles. The smallest absolute Gasteiger partial charge is 0.399 e. The highest BCUT2D eigenvalue weighted by molar-refractivity contribution is 6.62. The summed E-state index contributed by atoms with van der Waals surface area (Å²) in [6.07, 6.45) is -3.30. The Kier molecular flexibility index (Phi) is 4.04. The molecule has 0 amide bonds. The summed E-state index contributed by atoms with van der Waals surface area (Å²) in [5.41, 5.74) is -2.68. The molecule has 1 aromatic heterocycles. The first-order valence-corrected chi connectivity index (χ1v) is 6.85. The van der Waals surface area contributed by atoms with E-state index in [9.17, 15) is 13.2 Å². The molecule has 2 rings (SSSR count). The second kappa shape index (κ2) is 5.28. The van der Waals surface area contributed by atoms with Gasteiger partial charge in [-0.3, -0.25) is 4.68 Å². The molecule has 0 bridgehead atoms. The Labute approximate surface area is 127 Å². The van der Waals surface area contributed by atoms with E-state index < -0.39 is 30.2 Å². The number of rotatable bonds is 3. The molecule has 0 radical (unpaired) electrons. The molecule has 0 aliphatic carbocycles. The van der Waals surface area contributed by atoms with Crippen molar-refractivity contribution in [2.75, 3.05) is 0 Å². The molecule has 0 N–H and O–H groups in total. The molecule has 0 aromatic carbocycles. The van der Waals surface area contributed by atoms with Crippen LogP contribution in [0.15, 0.2) is 6.20 Å². The third-order valence-electron chi connectivity index (χ3n) is 4.02. The zero-order valence-electron chi connectivity index (χ0n) is 12.9. The van der Waals surface area contributed by atoms with Crippen LogP contribution in [0.1, 0.15) is 39.8 Å². The Morgan fingerprint density at radius 2 is 1.82 bits per heavy atom. The van der Waals surface area contributed by atoms with Gasteiger partial charge < -0.3 is 9.31 Å². The number of nitrogens with zero attached hydrogens (tertiary/aromatic N) is 3. The van der Waals surface area contributed by atoms with Crippen LogP contribution in [0.25, 0.3) is 0 Å². The quantitative estimate of drug-likeness (QED) is 0.802. The van der Waals surface area contributed by atoms with E-state index >= 15 is 0 Å². The molecule has 2 heterocycles. The summed E-state index contributed by atoms with van der Waals surface area (Å²) in [5, 5.41) is 12.1. The van der Waals surface area contributed by atoms with E-state index in [-0.39, 0.29) is 18.4 Å². The molecule has 0 unspecified atom stereocenters. The van der Waals surface area contributed by atoms with Crippen molar-refractivity contribution in [3.63, 3.8) is 0 Å². The number of nitriles is 1. The monoisotopic (exact) mass is 315 g/mol. The number of hydrogen-bond acceptors (Lipinski definition) is 4. The summed E-state index contributed by atoms with van der Waals surface area (Å²) in [6, 6.07) is 1.87. The van der Waals surface area contributed by atoms with Crippen molar-refractivity contribution in [2.45, 2.75) is 58.0 Å². The van der Waals surface area contributed by atoms with Gasteiger partial charge in [-0.25, -0.2) is 0 Å². The van der Waals surface area contributed by atoms with E-state index in [0.29, 0.717) is 0 Å². The Hall–Kier alpha value is -1.53. The zero-order chi connectivity index (χ0) is 16.8. The summed E-state index contributed by atoms with van der Waals surface area (Å²) >= 11 is 0. The highest BCUT2D eigenvalue weighted by Gasteiger charge is 2.54. The van der Waals surface area contributed by atoms with Gasteiger partial charge in [0.2, 0.25) is 0 Å². The standard InChI is InChI=1S/C13H17BF3N3O2/c1-11(2)12(3,4)22-14(21-11)9-8-20(7-5-6-18)19-10(9)13(15,16)17/h8H,5,7H2,1-4H3. The van der Waals surface area contributed by atoms with E-state index in [1.807, 2.05) is 6.07 Å². The summed E-state index contributed by atoms with van der Waals surface area (Å²) < 4.78 is 51.9. The summed E-state index contributed by atoms with van der Waals surface area (Å²) in [7, 11) is -1.14. The normalized spacial score (nSPS) is 20.2. The van der Waals surface area contributed by atoms with Gasteiger partial charge in [0, 0.05) is 11.7 Å². The van der Waals surface area contributed by atoms with Crippen LogP contribution in [-0.4, -0.2) is 28.1 Å². The van der Waals surface area contributed by atoms with Gasteiger partial charge in [-0.05, 0) is 27.7 Å². The number of alkyl halides is 3. The van der Waals surface area contributed by atoms with Crippen LogP contribution in [-0.2, 0) is 22.0 Å². The predicted molar refractivity (Wildman–Crippen MR) is 73.2 cm³/mol. The van der Waals surface area contributed by atoms with Crippen LogP contribution in [0.4, 0.5) is 13.2 Å². The zero-order valence-corrected chi connectivity index (χ0v) is 12.9. The molecule has 1 saturated heterocycles. The summed E-state index contributed by atoms with van der Waals surface area (Å²) in [5.74, 6) is 0. The Bertz CT molecular complexity index is 589. The lowest BCUT2D eigenvalue weighted by molar-refractivity contribution is -0.140. The molecule has 22 heavy (non-hydrogen) atoms. The Balaban J connectivity index is 2.38. The molecule has 0 saturated carbocycles. The molecular formula is C13H17BF3N3O2. The first kappa shape index (κ1) is 16.8. The highest BCUT2D eigenvalue weighted by Crippen LogP contribution is 2.37. The average molecular weight is 315 g/mol. The van der Waals surface area contributed by atoms with Crippen LogP contribution in [0.2, 0.25) is 0 Å². The third-order valence-corrected chi connectivity index (χ3v) is 4.02. The second-order valence-corrected chi connectivity index (χ2v) is 6.19. The maximum Gasteiger partial charge on any atom is 0.498 e. The predicted octanol–water partition coefficient (Wildman–Crippen LogP) is 2.11. The second-order valence-electron chi connectivity index (χ2n) is 6.19. The summed E-state index contributed by atoms with van der Waals surface area (Å²) in [4.78, 5) is 0. The minimum Gasteiger partial charge on any atom is -0.399 e. The van der Waals surface area contributed by atoms with Crippen molar-refractivity contribution in [2.24, 2.45) is 0 Å². The van der Waals surface area contributed by atoms with Gasteiger partial charge in [0.25, 0.3) is 0 Å². The van der Waals surface area contributed by atoms with E-state index in [1.165, 1.54) is 6.20 Å². The van der Waals surface area contributed by atoms with Crippen LogP contribution in [0, 0.1) is 11.3 Å². The maximum absolute atomic E-state index is 13.2. The number of aryl methyl sites for hydroxylation is 1. The summed E-state index contributed by atoms with van der Waals surface area (Å²) in [6.45, 7) is 7.14. The minimum atomic E-state index is -4.61. The molecule has 120 valence electrons. The molecule has 9 heteroatoms. The molecule has 0 spiro atoms. The lowest BCUT2D eigenvalue weighted by atomic mass is 9.79. The number of aromatic nitrogens is 2. The van der Waals surface area contributed by atoms with E-state index in [1.54, 1.807) is 27.7 Å². The fraction of sp³-hybridized carbons (Fsp3) is 0.692. The fourth-order valence-electron chi connectivity index (χ4n) is 2.08. The van der Waals surface area contributed by atoms with Gasteiger partial charge >= 0.3 is 13.3 Å². The minimum absolute atomic E-state index is 0.0712. The van der Waals surface area contributed by atoms with Crippen molar-refractivity contribution in [1.82, 2.24) is 9.78 Å². The average Bonchev–Trinajstić information content (AvgIpc) is 2.86. The van der Waals surface area contributed by atoms with E-state index in [2.05, 4.69) is 5.10 Å². The molecular weight excluding hydrogens is 298 g/mol. The van der Waals surface area contributed by atoms with Crippen molar-refractivity contribution in [1.29, 1.82) is 5.26 Å². The van der Waals surface area contributed by atoms with Gasteiger partial charge in [0.05, 0.1) is 30.2 Å². The fourth-order valence-corrected chi connectivity index (χ4v) is 2.08. The maximum atomic E-state index is 13.2. The number of halogens is 3.